The van der Waals surface area contributed by atoms with Crippen molar-refractivity contribution in [1.29, 1.82) is 0 Å². The molecule has 29 heavy (non-hydrogen) atoms. The van der Waals surface area contributed by atoms with Gasteiger partial charge in [0, 0.05) is 48.1 Å². The Morgan fingerprint density at radius 3 is 2.52 bits per heavy atom. The molecule has 152 valence electrons. The summed E-state index contributed by atoms with van der Waals surface area (Å²) in [5, 5.41) is 1.07. The molecular weight excluding hydrogens is 418 g/mol. The maximum atomic E-state index is 12.6. The highest BCUT2D eigenvalue weighted by Crippen LogP contribution is 2.32. The molecule has 4 rings (SSSR count). The molecule has 4 nitrogen and oxygen atoms in total. The summed E-state index contributed by atoms with van der Waals surface area (Å²) in [6, 6.07) is 14.9. The minimum absolute atomic E-state index is 0.262. The van der Waals surface area contributed by atoms with Crippen LogP contribution in [0.4, 0.5) is 5.13 Å². The molecule has 0 saturated carbocycles. The van der Waals surface area contributed by atoms with Crippen molar-refractivity contribution in [1.82, 2.24) is 9.88 Å². The number of carbonyl (C=O) groups excluding carboxylic acids is 1. The number of thioether (sulfide) groups is 2. The van der Waals surface area contributed by atoms with E-state index in [1.807, 2.05) is 4.90 Å². The second-order valence-corrected chi connectivity index (χ2v) is 10.2. The fraction of sp³-hybridized carbons (Fsp3) is 0.364. The van der Waals surface area contributed by atoms with Gasteiger partial charge in [-0.15, -0.1) is 23.5 Å². The third-order valence-corrected chi connectivity index (χ3v) is 7.91. The lowest BCUT2D eigenvalue weighted by molar-refractivity contribution is -0.131. The smallest absolute Gasteiger partial charge is 0.223 e. The van der Waals surface area contributed by atoms with Crippen LogP contribution < -0.4 is 4.90 Å². The van der Waals surface area contributed by atoms with Gasteiger partial charge in [0.25, 0.3) is 0 Å². The average Bonchev–Trinajstić information content (AvgIpc) is 3.18. The van der Waals surface area contributed by atoms with Gasteiger partial charge in [-0.3, -0.25) is 4.79 Å². The molecule has 7 heteroatoms. The predicted molar refractivity (Wildman–Crippen MR) is 127 cm³/mol. The Balaban J connectivity index is 1.27. The highest BCUT2D eigenvalue weighted by atomic mass is 32.2. The zero-order valence-corrected chi connectivity index (χ0v) is 19.2. The molecule has 0 spiro atoms. The second kappa shape index (κ2) is 9.41. The minimum Gasteiger partial charge on any atom is -0.345 e. The first-order chi connectivity index (χ1) is 14.1. The maximum absolute atomic E-state index is 12.6. The van der Waals surface area contributed by atoms with E-state index in [1.165, 1.54) is 20.1 Å². The van der Waals surface area contributed by atoms with Crippen molar-refractivity contribution < 1.29 is 4.79 Å². The summed E-state index contributed by atoms with van der Waals surface area (Å²) in [7, 11) is 0. The number of aromatic nitrogens is 1. The van der Waals surface area contributed by atoms with E-state index in [0.29, 0.717) is 6.42 Å². The monoisotopic (exact) mass is 443 g/mol. The van der Waals surface area contributed by atoms with Gasteiger partial charge < -0.3 is 9.80 Å². The molecule has 0 bridgehead atoms. The SMILES string of the molecule is CSc1ccc2nc(N3CCN(C(=O)CCSc4ccc(C)cc4)CC3)sc2c1. The van der Waals surface area contributed by atoms with E-state index in [-0.39, 0.29) is 5.91 Å². The van der Waals surface area contributed by atoms with Crippen LogP contribution in [0.2, 0.25) is 0 Å². The van der Waals surface area contributed by atoms with Crippen molar-refractivity contribution in [2.24, 2.45) is 0 Å². The molecule has 1 amide bonds. The summed E-state index contributed by atoms with van der Waals surface area (Å²) >= 11 is 5.26. The van der Waals surface area contributed by atoms with E-state index < -0.39 is 0 Å². The summed E-state index contributed by atoms with van der Waals surface area (Å²) in [5.74, 6) is 1.09. The summed E-state index contributed by atoms with van der Waals surface area (Å²) < 4.78 is 1.23. The summed E-state index contributed by atoms with van der Waals surface area (Å²) in [6.45, 7) is 5.35. The summed E-state index contributed by atoms with van der Waals surface area (Å²) in [5.41, 5.74) is 2.33. The number of nitrogens with zero attached hydrogens (tertiary/aromatic N) is 3. The Morgan fingerprint density at radius 1 is 1.07 bits per heavy atom. The molecule has 3 aromatic rings. The molecule has 0 atom stereocenters. The third kappa shape index (κ3) is 5.08. The van der Waals surface area contributed by atoms with Crippen LogP contribution in [0.1, 0.15) is 12.0 Å². The van der Waals surface area contributed by atoms with Gasteiger partial charge in [0.15, 0.2) is 5.13 Å². The largest absolute Gasteiger partial charge is 0.345 e. The van der Waals surface area contributed by atoms with E-state index in [9.17, 15) is 4.79 Å². The van der Waals surface area contributed by atoms with Gasteiger partial charge in [0.2, 0.25) is 5.91 Å². The number of rotatable bonds is 6. The normalized spacial score (nSPS) is 14.6. The van der Waals surface area contributed by atoms with E-state index in [0.717, 1.165) is 42.6 Å². The Bertz CT molecular complexity index is 979. The molecule has 1 aromatic heterocycles. The molecule has 1 fully saturated rings. The van der Waals surface area contributed by atoms with Crippen molar-refractivity contribution in [3.8, 4) is 0 Å². The molecule has 2 heterocycles. The van der Waals surface area contributed by atoms with Crippen molar-refractivity contribution in [3.63, 3.8) is 0 Å². The number of amides is 1. The zero-order chi connectivity index (χ0) is 20.2. The van der Waals surface area contributed by atoms with Crippen LogP contribution in [-0.2, 0) is 4.79 Å². The van der Waals surface area contributed by atoms with E-state index >= 15 is 0 Å². The van der Waals surface area contributed by atoms with Gasteiger partial charge in [0.1, 0.15) is 0 Å². The third-order valence-electron chi connectivity index (χ3n) is 5.09. The molecule has 0 unspecified atom stereocenters. The number of thiazole rings is 1. The highest BCUT2D eigenvalue weighted by molar-refractivity contribution is 7.99. The lowest BCUT2D eigenvalue weighted by atomic mass is 10.2. The first kappa shape index (κ1) is 20.6. The molecule has 1 aliphatic heterocycles. The summed E-state index contributed by atoms with van der Waals surface area (Å²) in [4.78, 5) is 24.2. The van der Waals surface area contributed by atoms with Gasteiger partial charge in [-0.25, -0.2) is 4.98 Å². The topological polar surface area (TPSA) is 36.4 Å². The number of hydrogen-bond acceptors (Lipinski definition) is 6. The number of anilines is 1. The molecule has 0 aliphatic carbocycles. The van der Waals surface area contributed by atoms with Crippen molar-refractivity contribution >= 4 is 56.1 Å². The Kier molecular flexibility index (Phi) is 6.67. The van der Waals surface area contributed by atoms with Gasteiger partial charge in [-0.05, 0) is 43.5 Å². The average molecular weight is 444 g/mol. The fourth-order valence-electron chi connectivity index (χ4n) is 3.35. The van der Waals surface area contributed by atoms with Crippen LogP contribution in [0.25, 0.3) is 10.2 Å². The first-order valence-electron chi connectivity index (χ1n) is 9.79. The van der Waals surface area contributed by atoms with Crippen LogP contribution in [-0.4, -0.2) is 54.0 Å². The van der Waals surface area contributed by atoms with E-state index in [2.05, 4.69) is 60.5 Å². The first-order valence-corrected chi connectivity index (χ1v) is 12.8. The molecule has 0 N–H and O–H groups in total. The molecule has 1 aliphatic rings. The van der Waals surface area contributed by atoms with E-state index in [1.54, 1.807) is 34.9 Å². The number of benzene rings is 2. The molecule has 2 aromatic carbocycles. The van der Waals surface area contributed by atoms with Crippen LogP contribution in [0.3, 0.4) is 0 Å². The van der Waals surface area contributed by atoms with Gasteiger partial charge in [-0.1, -0.05) is 29.0 Å². The summed E-state index contributed by atoms with van der Waals surface area (Å²) in [6.07, 6.45) is 2.69. The Morgan fingerprint density at radius 2 is 1.79 bits per heavy atom. The number of fused-ring (bicyclic) bond motifs is 1. The fourth-order valence-corrected chi connectivity index (χ4v) is 5.76. The zero-order valence-electron chi connectivity index (χ0n) is 16.8. The van der Waals surface area contributed by atoms with Crippen LogP contribution in [0.15, 0.2) is 52.3 Å². The number of hydrogen-bond donors (Lipinski definition) is 0. The van der Waals surface area contributed by atoms with Crippen LogP contribution in [0.5, 0.6) is 0 Å². The number of aryl methyl sites for hydroxylation is 1. The molecular formula is C22H25N3OS3. The quantitative estimate of drug-likeness (QED) is 0.492. The van der Waals surface area contributed by atoms with E-state index in [4.69, 9.17) is 4.98 Å². The second-order valence-electron chi connectivity index (χ2n) is 7.11. The number of piperazine rings is 1. The molecule has 0 radical (unpaired) electrons. The molecule has 1 saturated heterocycles. The van der Waals surface area contributed by atoms with Crippen LogP contribution >= 0.6 is 34.9 Å². The van der Waals surface area contributed by atoms with Crippen molar-refractivity contribution in [3.05, 3.63) is 48.0 Å². The minimum atomic E-state index is 0.262. The van der Waals surface area contributed by atoms with Gasteiger partial charge >= 0.3 is 0 Å². The van der Waals surface area contributed by atoms with Crippen LogP contribution in [0, 0.1) is 6.92 Å². The van der Waals surface area contributed by atoms with Gasteiger partial charge in [-0.2, -0.15) is 0 Å². The number of carbonyl (C=O) groups is 1. The maximum Gasteiger partial charge on any atom is 0.223 e. The lowest BCUT2D eigenvalue weighted by Gasteiger charge is -2.34. The Hall–Kier alpha value is -1.70. The lowest BCUT2D eigenvalue weighted by Crippen LogP contribution is -2.48. The standard InChI is InChI=1S/C22H25N3OS3/c1-16-3-5-17(6-4-16)28-14-9-21(26)24-10-12-25(13-11-24)22-23-19-8-7-18(27-2)15-20(19)29-22/h3-8,15H,9-14H2,1-2H3. The Labute approximate surface area is 184 Å². The van der Waals surface area contributed by atoms with Crippen molar-refractivity contribution in [2.45, 2.75) is 23.1 Å². The predicted octanol–water partition coefficient (Wildman–Crippen LogP) is 5.16. The van der Waals surface area contributed by atoms with Crippen molar-refractivity contribution in [2.75, 3.05) is 43.1 Å². The highest BCUT2D eigenvalue weighted by Gasteiger charge is 2.23. The van der Waals surface area contributed by atoms with Gasteiger partial charge in [0.05, 0.1) is 10.2 Å².